The average Bonchev–Trinajstić information content (AvgIpc) is 2.70. The van der Waals surface area contributed by atoms with Gasteiger partial charge in [-0.3, -0.25) is 9.69 Å². The molecule has 0 bridgehead atoms. The van der Waals surface area contributed by atoms with Crippen molar-refractivity contribution in [2.45, 2.75) is 20.4 Å². The van der Waals surface area contributed by atoms with E-state index in [-0.39, 0.29) is 5.91 Å². The van der Waals surface area contributed by atoms with Crippen molar-refractivity contribution in [3.8, 4) is 5.75 Å². The number of carbonyl (C=O) groups excluding carboxylic acids is 1. The summed E-state index contributed by atoms with van der Waals surface area (Å²) in [7, 11) is 1.54. The average molecular weight is 424 g/mol. The van der Waals surface area contributed by atoms with Gasteiger partial charge in [-0.15, -0.1) is 0 Å². The summed E-state index contributed by atoms with van der Waals surface area (Å²) in [5.41, 5.74) is 2.36. The van der Waals surface area contributed by atoms with Gasteiger partial charge in [0.1, 0.15) is 5.75 Å². The molecule has 0 aliphatic carbocycles. The summed E-state index contributed by atoms with van der Waals surface area (Å²) in [6.45, 7) is 7.75. The lowest BCUT2D eigenvalue weighted by molar-refractivity contribution is 0.0945. The summed E-state index contributed by atoms with van der Waals surface area (Å²) < 4.78 is 5.37. The van der Waals surface area contributed by atoms with Crippen LogP contribution in [0, 0.1) is 0 Å². The SMILES string of the molecule is CCNc1cc(OC)c(C(=O)NCCN(CC)Cc2ccc(Cl)cc2)cc1Cl. The Labute approximate surface area is 177 Å². The lowest BCUT2D eigenvalue weighted by atomic mass is 10.1. The summed E-state index contributed by atoms with van der Waals surface area (Å²) in [5.74, 6) is 0.288. The summed E-state index contributed by atoms with van der Waals surface area (Å²) >= 11 is 12.2. The highest BCUT2D eigenvalue weighted by atomic mass is 35.5. The number of nitrogens with one attached hydrogen (secondary N) is 2. The van der Waals surface area contributed by atoms with Gasteiger partial charge in [0.05, 0.1) is 23.4 Å². The van der Waals surface area contributed by atoms with Crippen molar-refractivity contribution in [2.75, 3.05) is 38.6 Å². The molecule has 0 atom stereocenters. The highest BCUT2D eigenvalue weighted by Crippen LogP contribution is 2.30. The van der Waals surface area contributed by atoms with Crippen LogP contribution in [-0.2, 0) is 6.54 Å². The predicted octanol–water partition coefficient (Wildman–Crippen LogP) is 4.69. The molecular formula is C21H27Cl2N3O2. The molecule has 1 amide bonds. The zero-order chi connectivity index (χ0) is 20.5. The van der Waals surface area contributed by atoms with Crippen molar-refractivity contribution >= 4 is 34.8 Å². The van der Waals surface area contributed by atoms with Crippen LogP contribution in [0.3, 0.4) is 0 Å². The number of rotatable bonds is 10. The topological polar surface area (TPSA) is 53.6 Å². The lowest BCUT2D eigenvalue weighted by Gasteiger charge is -2.21. The highest BCUT2D eigenvalue weighted by molar-refractivity contribution is 6.33. The van der Waals surface area contributed by atoms with E-state index in [1.54, 1.807) is 19.2 Å². The Morgan fingerprint density at radius 3 is 2.46 bits per heavy atom. The molecule has 0 saturated carbocycles. The van der Waals surface area contributed by atoms with Gasteiger partial charge in [-0.25, -0.2) is 0 Å². The van der Waals surface area contributed by atoms with Gasteiger partial charge in [0.15, 0.2) is 0 Å². The Morgan fingerprint density at radius 1 is 1.14 bits per heavy atom. The Hall–Kier alpha value is -1.95. The maximum atomic E-state index is 12.6. The second-order valence-electron chi connectivity index (χ2n) is 6.31. The first-order valence-electron chi connectivity index (χ1n) is 9.34. The number of likely N-dealkylation sites (N-methyl/N-ethyl adjacent to an activating group) is 1. The van der Waals surface area contributed by atoms with E-state index in [9.17, 15) is 4.79 Å². The number of hydrogen-bond acceptors (Lipinski definition) is 4. The summed E-state index contributed by atoms with van der Waals surface area (Å²) in [5, 5.41) is 7.32. The summed E-state index contributed by atoms with van der Waals surface area (Å²) in [6.07, 6.45) is 0. The van der Waals surface area contributed by atoms with E-state index in [1.165, 1.54) is 5.56 Å². The first-order valence-corrected chi connectivity index (χ1v) is 10.1. The van der Waals surface area contributed by atoms with E-state index < -0.39 is 0 Å². The monoisotopic (exact) mass is 423 g/mol. The molecule has 2 N–H and O–H groups in total. The Morgan fingerprint density at radius 2 is 1.86 bits per heavy atom. The van der Waals surface area contributed by atoms with Gasteiger partial charge in [-0.1, -0.05) is 42.3 Å². The van der Waals surface area contributed by atoms with Crippen LogP contribution < -0.4 is 15.4 Å². The fourth-order valence-electron chi connectivity index (χ4n) is 2.85. The Balaban J connectivity index is 1.95. The number of methoxy groups -OCH3 is 1. The van der Waals surface area contributed by atoms with Crippen LogP contribution in [0.5, 0.6) is 5.75 Å². The molecule has 0 saturated heterocycles. The molecule has 2 rings (SSSR count). The van der Waals surface area contributed by atoms with Crippen molar-refractivity contribution < 1.29 is 9.53 Å². The van der Waals surface area contributed by atoms with Crippen molar-refractivity contribution in [1.29, 1.82) is 0 Å². The molecular weight excluding hydrogens is 397 g/mol. The molecule has 2 aromatic carbocycles. The van der Waals surface area contributed by atoms with Crippen LogP contribution in [0.15, 0.2) is 36.4 Å². The van der Waals surface area contributed by atoms with Crippen LogP contribution in [0.1, 0.15) is 29.8 Å². The fourth-order valence-corrected chi connectivity index (χ4v) is 3.20. The number of carbonyl (C=O) groups is 1. The summed E-state index contributed by atoms with van der Waals surface area (Å²) in [6, 6.07) is 11.2. The standard InChI is InChI=1S/C21H27Cl2N3O2/c1-4-24-19-13-20(28-3)17(12-18(19)23)21(27)25-10-11-26(5-2)14-15-6-8-16(22)9-7-15/h6-9,12-13,24H,4-5,10-11,14H2,1-3H3,(H,25,27). The molecule has 0 aromatic heterocycles. The minimum Gasteiger partial charge on any atom is -0.496 e. The van der Waals surface area contributed by atoms with Crippen molar-refractivity contribution in [3.05, 3.63) is 57.6 Å². The number of halogens is 2. The van der Waals surface area contributed by atoms with Crippen LogP contribution in [0.25, 0.3) is 0 Å². The minimum atomic E-state index is -0.204. The molecule has 28 heavy (non-hydrogen) atoms. The van der Waals surface area contributed by atoms with E-state index in [2.05, 4.69) is 22.5 Å². The van der Waals surface area contributed by atoms with Crippen molar-refractivity contribution in [3.63, 3.8) is 0 Å². The molecule has 0 fully saturated rings. The van der Waals surface area contributed by atoms with E-state index >= 15 is 0 Å². The maximum absolute atomic E-state index is 12.6. The minimum absolute atomic E-state index is 0.204. The molecule has 0 unspecified atom stereocenters. The second-order valence-corrected chi connectivity index (χ2v) is 7.16. The van der Waals surface area contributed by atoms with Crippen molar-refractivity contribution in [1.82, 2.24) is 10.2 Å². The van der Waals surface area contributed by atoms with Crippen LogP contribution in [0.2, 0.25) is 10.0 Å². The van der Waals surface area contributed by atoms with Gasteiger partial charge in [0.2, 0.25) is 0 Å². The molecule has 0 heterocycles. The fraction of sp³-hybridized carbons (Fsp3) is 0.381. The third-order valence-corrected chi connectivity index (χ3v) is 4.95. The van der Waals surface area contributed by atoms with Crippen LogP contribution in [-0.4, -0.2) is 44.1 Å². The molecule has 0 spiro atoms. The largest absolute Gasteiger partial charge is 0.496 e. The zero-order valence-corrected chi connectivity index (χ0v) is 18.0. The molecule has 2 aromatic rings. The quantitative estimate of drug-likeness (QED) is 0.581. The predicted molar refractivity (Wildman–Crippen MR) is 117 cm³/mol. The third-order valence-electron chi connectivity index (χ3n) is 4.38. The number of ether oxygens (including phenoxy) is 1. The van der Waals surface area contributed by atoms with E-state index in [0.29, 0.717) is 22.9 Å². The third kappa shape index (κ3) is 6.30. The number of benzene rings is 2. The van der Waals surface area contributed by atoms with Gasteiger partial charge in [0, 0.05) is 37.3 Å². The zero-order valence-electron chi connectivity index (χ0n) is 16.5. The molecule has 0 aliphatic rings. The van der Waals surface area contributed by atoms with Gasteiger partial charge >= 0.3 is 0 Å². The molecule has 5 nitrogen and oxygen atoms in total. The highest BCUT2D eigenvalue weighted by Gasteiger charge is 2.16. The smallest absolute Gasteiger partial charge is 0.255 e. The molecule has 152 valence electrons. The van der Waals surface area contributed by atoms with Gasteiger partial charge in [0.25, 0.3) is 5.91 Å². The van der Waals surface area contributed by atoms with Gasteiger partial charge in [-0.05, 0) is 37.2 Å². The van der Waals surface area contributed by atoms with Crippen LogP contribution in [0.4, 0.5) is 5.69 Å². The summed E-state index contributed by atoms with van der Waals surface area (Å²) in [4.78, 5) is 14.9. The molecule has 7 heteroatoms. The van der Waals surface area contributed by atoms with Crippen molar-refractivity contribution in [2.24, 2.45) is 0 Å². The Bertz CT molecular complexity index is 782. The lowest BCUT2D eigenvalue weighted by Crippen LogP contribution is -2.34. The molecule has 0 aliphatic heterocycles. The maximum Gasteiger partial charge on any atom is 0.255 e. The number of anilines is 1. The first kappa shape index (κ1) is 22.3. The molecule has 0 radical (unpaired) electrons. The van der Waals surface area contributed by atoms with E-state index in [4.69, 9.17) is 27.9 Å². The second kappa shape index (κ2) is 11.1. The number of amides is 1. The first-order chi connectivity index (χ1) is 13.5. The number of nitrogens with zero attached hydrogens (tertiary/aromatic N) is 1. The normalized spacial score (nSPS) is 10.8. The van der Waals surface area contributed by atoms with Gasteiger partial charge in [-0.2, -0.15) is 0 Å². The van der Waals surface area contributed by atoms with E-state index in [0.717, 1.165) is 36.9 Å². The number of hydrogen-bond donors (Lipinski definition) is 2. The Kier molecular flexibility index (Phi) is 8.90. The van der Waals surface area contributed by atoms with E-state index in [1.807, 2.05) is 31.2 Å². The van der Waals surface area contributed by atoms with Crippen LogP contribution >= 0.6 is 23.2 Å². The van der Waals surface area contributed by atoms with Gasteiger partial charge < -0.3 is 15.4 Å².